The van der Waals surface area contributed by atoms with Crippen molar-refractivity contribution in [1.29, 1.82) is 0 Å². The fraction of sp³-hybridized carbons (Fsp3) is 0.308. The summed E-state index contributed by atoms with van der Waals surface area (Å²) in [5, 5.41) is 8.81. The molecule has 1 aliphatic carbocycles. The summed E-state index contributed by atoms with van der Waals surface area (Å²) in [4.78, 5) is 13.0. The van der Waals surface area contributed by atoms with Gasteiger partial charge in [0.1, 0.15) is 0 Å². The molecule has 84 valence electrons. The lowest BCUT2D eigenvalue weighted by Gasteiger charge is -2.23. The molecule has 1 fully saturated rings. The maximum Gasteiger partial charge on any atom is 0.335 e. The predicted octanol–water partition coefficient (Wildman–Crippen LogP) is 2.54. The van der Waals surface area contributed by atoms with Gasteiger partial charge in [0.25, 0.3) is 0 Å². The maximum absolute atomic E-state index is 10.7. The number of rotatable bonds is 5. The molecule has 1 saturated carbocycles. The summed E-state index contributed by atoms with van der Waals surface area (Å²) in [5.41, 5.74) is 1.41. The van der Waals surface area contributed by atoms with Crippen molar-refractivity contribution in [2.45, 2.75) is 18.9 Å². The Balaban J connectivity index is 2.17. The van der Waals surface area contributed by atoms with E-state index in [-0.39, 0.29) is 0 Å². The standard InChI is InChI=1S/C13H15NO2/c1-2-9-14(12-7-8-12)11-5-3-10(4-6-11)13(15)16/h2-6,12H,1,7-9H2,(H,15,16). The van der Waals surface area contributed by atoms with Crippen LogP contribution in [0.1, 0.15) is 23.2 Å². The largest absolute Gasteiger partial charge is 0.478 e. The van der Waals surface area contributed by atoms with Gasteiger partial charge in [-0.15, -0.1) is 6.58 Å². The Morgan fingerprint density at radius 3 is 2.50 bits per heavy atom. The van der Waals surface area contributed by atoms with Crippen LogP contribution in [0.3, 0.4) is 0 Å². The molecule has 16 heavy (non-hydrogen) atoms. The summed E-state index contributed by atoms with van der Waals surface area (Å²) in [6, 6.07) is 7.64. The molecule has 0 bridgehead atoms. The van der Waals surface area contributed by atoms with Crippen LogP contribution in [0.4, 0.5) is 5.69 Å². The number of benzene rings is 1. The van der Waals surface area contributed by atoms with Crippen molar-refractivity contribution in [1.82, 2.24) is 0 Å². The average molecular weight is 217 g/mol. The highest BCUT2D eigenvalue weighted by atomic mass is 16.4. The van der Waals surface area contributed by atoms with E-state index in [1.54, 1.807) is 12.1 Å². The van der Waals surface area contributed by atoms with Crippen LogP contribution in [-0.2, 0) is 0 Å². The fourth-order valence-electron chi connectivity index (χ4n) is 1.79. The second-order valence-electron chi connectivity index (χ2n) is 4.02. The predicted molar refractivity (Wildman–Crippen MR) is 64.0 cm³/mol. The Morgan fingerprint density at radius 2 is 2.06 bits per heavy atom. The van der Waals surface area contributed by atoms with Crippen LogP contribution in [0.25, 0.3) is 0 Å². The van der Waals surface area contributed by atoms with Crippen molar-refractivity contribution in [2.24, 2.45) is 0 Å². The minimum atomic E-state index is -0.881. The number of hydrogen-bond acceptors (Lipinski definition) is 2. The zero-order valence-electron chi connectivity index (χ0n) is 9.10. The van der Waals surface area contributed by atoms with E-state index < -0.39 is 5.97 Å². The summed E-state index contributed by atoms with van der Waals surface area (Å²) in [6.07, 6.45) is 4.31. The normalized spacial score (nSPS) is 14.5. The Morgan fingerprint density at radius 1 is 1.44 bits per heavy atom. The third-order valence-electron chi connectivity index (χ3n) is 2.76. The monoisotopic (exact) mass is 217 g/mol. The van der Waals surface area contributed by atoms with Crippen LogP contribution >= 0.6 is 0 Å². The lowest BCUT2D eigenvalue weighted by atomic mass is 10.2. The number of carboxylic acids is 1. The van der Waals surface area contributed by atoms with Crippen LogP contribution in [0.2, 0.25) is 0 Å². The molecule has 0 unspecified atom stereocenters. The lowest BCUT2D eigenvalue weighted by molar-refractivity contribution is 0.0697. The van der Waals surface area contributed by atoms with Gasteiger partial charge in [0.05, 0.1) is 5.56 Å². The van der Waals surface area contributed by atoms with Crippen molar-refractivity contribution < 1.29 is 9.90 Å². The highest BCUT2D eigenvalue weighted by molar-refractivity contribution is 5.88. The van der Waals surface area contributed by atoms with Crippen LogP contribution < -0.4 is 4.90 Å². The first-order valence-electron chi connectivity index (χ1n) is 5.43. The summed E-state index contributed by atoms with van der Waals surface area (Å²) < 4.78 is 0. The van der Waals surface area contributed by atoms with E-state index >= 15 is 0 Å². The van der Waals surface area contributed by atoms with Crippen molar-refractivity contribution in [3.05, 3.63) is 42.5 Å². The summed E-state index contributed by atoms with van der Waals surface area (Å²) in [5.74, 6) is -0.881. The molecule has 0 radical (unpaired) electrons. The van der Waals surface area contributed by atoms with Crippen molar-refractivity contribution in [3.8, 4) is 0 Å². The van der Waals surface area contributed by atoms with E-state index in [2.05, 4.69) is 11.5 Å². The van der Waals surface area contributed by atoms with Gasteiger partial charge < -0.3 is 10.0 Å². The zero-order chi connectivity index (χ0) is 11.5. The molecule has 0 spiro atoms. The number of hydrogen-bond donors (Lipinski definition) is 1. The number of aromatic carboxylic acids is 1. The molecule has 0 amide bonds. The van der Waals surface area contributed by atoms with Gasteiger partial charge in [0.15, 0.2) is 0 Å². The topological polar surface area (TPSA) is 40.5 Å². The van der Waals surface area contributed by atoms with Crippen molar-refractivity contribution >= 4 is 11.7 Å². The average Bonchev–Trinajstić information content (AvgIpc) is 3.10. The molecule has 3 nitrogen and oxygen atoms in total. The van der Waals surface area contributed by atoms with E-state index in [1.807, 2.05) is 18.2 Å². The van der Waals surface area contributed by atoms with Gasteiger partial charge in [-0.1, -0.05) is 6.08 Å². The molecule has 0 atom stereocenters. The van der Waals surface area contributed by atoms with Gasteiger partial charge in [0, 0.05) is 18.3 Å². The number of carbonyl (C=O) groups is 1. The third-order valence-corrected chi connectivity index (χ3v) is 2.76. The Hall–Kier alpha value is -1.77. The van der Waals surface area contributed by atoms with Crippen LogP contribution in [-0.4, -0.2) is 23.7 Å². The van der Waals surface area contributed by atoms with E-state index in [9.17, 15) is 4.79 Å². The molecule has 0 heterocycles. The third kappa shape index (κ3) is 2.24. The van der Waals surface area contributed by atoms with Crippen LogP contribution in [0, 0.1) is 0 Å². The molecule has 3 heteroatoms. The second-order valence-corrected chi connectivity index (χ2v) is 4.02. The summed E-state index contributed by atoms with van der Waals surface area (Å²) in [7, 11) is 0. The van der Waals surface area contributed by atoms with Gasteiger partial charge in [-0.05, 0) is 37.1 Å². The molecule has 1 aromatic rings. The molecule has 2 rings (SSSR count). The molecule has 0 saturated heterocycles. The summed E-state index contributed by atoms with van der Waals surface area (Å²) >= 11 is 0. The van der Waals surface area contributed by atoms with Gasteiger partial charge in [-0.2, -0.15) is 0 Å². The first-order valence-corrected chi connectivity index (χ1v) is 5.43. The molecule has 0 aromatic heterocycles. The molecule has 0 aliphatic heterocycles. The van der Waals surface area contributed by atoms with Gasteiger partial charge in [-0.25, -0.2) is 4.79 Å². The minimum absolute atomic E-state index is 0.332. The van der Waals surface area contributed by atoms with Gasteiger partial charge in [-0.3, -0.25) is 0 Å². The highest BCUT2D eigenvalue weighted by Crippen LogP contribution is 2.31. The molecule has 1 aromatic carbocycles. The molecular formula is C13H15NO2. The SMILES string of the molecule is C=CCN(c1ccc(C(=O)O)cc1)C1CC1. The number of anilines is 1. The Labute approximate surface area is 95.0 Å². The zero-order valence-corrected chi connectivity index (χ0v) is 9.10. The number of carboxylic acid groups (broad SMARTS) is 1. The minimum Gasteiger partial charge on any atom is -0.478 e. The first-order chi connectivity index (χ1) is 7.72. The molecule has 1 N–H and O–H groups in total. The van der Waals surface area contributed by atoms with E-state index in [0.29, 0.717) is 11.6 Å². The van der Waals surface area contributed by atoms with Crippen molar-refractivity contribution in [3.63, 3.8) is 0 Å². The Bertz CT molecular complexity index is 393. The van der Waals surface area contributed by atoms with Crippen molar-refractivity contribution in [2.75, 3.05) is 11.4 Å². The van der Waals surface area contributed by atoms with Crippen LogP contribution in [0.15, 0.2) is 36.9 Å². The smallest absolute Gasteiger partial charge is 0.335 e. The van der Waals surface area contributed by atoms with E-state index in [0.717, 1.165) is 12.2 Å². The van der Waals surface area contributed by atoms with E-state index in [1.165, 1.54) is 12.8 Å². The van der Waals surface area contributed by atoms with Gasteiger partial charge in [0.2, 0.25) is 0 Å². The van der Waals surface area contributed by atoms with Gasteiger partial charge >= 0.3 is 5.97 Å². The highest BCUT2D eigenvalue weighted by Gasteiger charge is 2.28. The first kappa shape index (κ1) is 10.7. The van der Waals surface area contributed by atoms with E-state index in [4.69, 9.17) is 5.11 Å². The number of nitrogens with zero attached hydrogens (tertiary/aromatic N) is 1. The summed E-state index contributed by atoms with van der Waals surface area (Å²) in [6.45, 7) is 4.56. The fourth-order valence-corrected chi connectivity index (χ4v) is 1.79. The van der Waals surface area contributed by atoms with Crippen LogP contribution in [0.5, 0.6) is 0 Å². The maximum atomic E-state index is 10.7. The lowest BCUT2D eigenvalue weighted by Crippen LogP contribution is -2.25. The Kier molecular flexibility index (Phi) is 2.95. The molecule has 1 aliphatic rings. The molecular weight excluding hydrogens is 202 g/mol. The second kappa shape index (κ2) is 4.39. The quantitative estimate of drug-likeness (QED) is 0.770.